The molecule has 1 amide bonds. The predicted octanol–water partition coefficient (Wildman–Crippen LogP) is 4.71. The molecule has 2 aromatic carbocycles. The van der Waals surface area contributed by atoms with E-state index in [4.69, 9.17) is 11.6 Å². The van der Waals surface area contributed by atoms with Crippen molar-refractivity contribution in [2.24, 2.45) is 0 Å². The molecule has 3 rings (SSSR count). The summed E-state index contributed by atoms with van der Waals surface area (Å²) in [5.74, 6) is 1.14. The van der Waals surface area contributed by atoms with Gasteiger partial charge in [0, 0.05) is 28.9 Å². The van der Waals surface area contributed by atoms with Crippen LogP contribution in [0.3, 0.4) is 0 Å². The summed E-state index contributed by atoms with van der Waals surface area (Å²) in [6.07, 6.45) is 3.66. The Hall–Kier alpha value is -2.24. The van der Waals surface area contributed by atoms with Crippen molar-refractivity contribution < 1.29 is 4.79 Å². The molecule has 0 unspecified atom stereocenters. The van der Waals surface area contributed by atoms with Gasteiger partial charge >= 0.3 is 0 Å². The molecular weight excluding hydrogens is 354 g/mol. The first-order chi connectivity index (χ1) is 12.1. The molecule has 6 heteroatoms. The Morgan fingerprint density at radius 3 is 2.72 bits per heavy atom. The van der Waals surface area contributed by atoms with Crippen molar-refractivity contribution in [2.75, 3.05) is 11.1 Å². The number of carbonyl (C=O) groups excluding carboxylic acids is 1. The van der Waals surface area contributed by atoms with E-state index < -0.39 is 0 Å². The van der Waals surface area contributed by atoms with Crippen molar-refractivity contribution in [1.29, 1.82) is 0 Å². The molecule has 25 heavy (non-hydrogen) atoms. The number of thioether (sulfide) groups is 1. The Bertz CT molecular complexity index is 848. The summed E-state index contributed by atoms with van der Waals surface area (Å²) >= 11 is 7.65. The number of carbonyl (C=O) groups is 1. The average molecular weight is 372 g/mol. The van der Waals surface area contributed by atoms with Gasteiger partial charge in [0.05, 0.1) is 11.4 Å². The summed E-state index contributed by atoms with van der Waals surface area (Å²) in [5.41, 5.74) is 3.91. The van der Waals surface area contributed by atoms with Crippen molar-refractivity contribution in [3.05, 3.63) is 77.1 Å². The molecule has 0 atom stereocenters. The van der Waals surface area contributed by atoms with Crippen molar-refractivity contribution in [3.8, 4) is 5.69 Å². The van der Waals surface area contributed by atoms with Crippen molar-refractivity contribution in [1.82, 2.24) is 9.78 Å². The van der Waals surface area contributed by atoms with Gasteiger partial charge in [0.15, 0.2) is 0 Å². The summed E-state index contributed by atoms with van der Waals surface area (Å²) in [6.45, 7) is 1.93. The maximum atomic E-state index is 12.0. The second-order valence-corrected chi connectivity index (χ2v) is 7.01. The molecule has 3 aromatic rings. The minimum absolute atomic E-state index is 0.0296. The molecule has 128 valence electrons. The second-order valence-electron chi connectivity index (χ2n) is 5.62. The number of nitrogens with one attached hydrogen (secondary N) is 1. The minimum Gasteiger partial charge on any atom is -0.325 e. The Morgan fingerprint density at radius 2 is 2.04 bits per heavy atom. The van der Waals surface area contributed by atoms with Crippen LogP contribution in [0.5, 0.6) is 0 Å². The first kappa shape index (κ1) is 17.6. The molecule has 0 aliphatic rings. The van der Waals surface area contributed by atoms with Crippen LogP contribution < -0.4 is 5.32 Å². The molecule has 0 radical (unpaired) electrons. The number of amides is 1. The third-order valence-electron chi connectivity index (χ3n) is 3.66. The maximum Gasteiger partial charge on any atom is 0.234 e. The predicted molar refractivity (Wildman–Crippen MR) is 105 cm³/mol. The number of aryl methyl sites for hydroxylation is 1. The van der Waals surface area contributed by atoms with Gasteiger partial charge in [-0.15, -0.1) is 11.8 Å². The van der Waals surface area contributed by atoms with Gasteiger partial charge < -0.3 is 5.32 Å². The molecule has 1 N–H and O–H groups in total. The normalized spacial score (nSPS) is 10.6. The summed E-state index contributed by atoms with van der Waals surface area (Å²) in [5, 5.41) is 7.73. The van der Waals surface area contributed by atoms with Gasteiger partial charge in [-0.25, -0.2) is 4.68 Å². The van der Waals surface area contributed by atoms with E-state index in [1.807, 2.05) is 48.1 Å². The van der Waals surface area contributed by atoms with Gasteiger partial charge in [0.1, 0.15) is 0 Å². The first-order valence-corrected chi connectivity index (χ1v) is 9.38. The molecule has 0 spiro atoms. The van der Waals surface area contributed by atoms with Crippen LogP contribution in [0.15, 0.2) is 60.9 Å². The van der Waals surface area contributed by atoms with Gasteiger partial charge in [0.2, 0.25) is 5.91 Å². The molecule has 0 fully saturated rings. The van der Waals surface area contributed by atoms with Crippen molar-refractivity contribution >= 4 is 35.0 Å². The molecule has 0 saturated heterocycles. The van der Waals surface area contributed by atoms with Crippen molar-refractivity contribution in [2.45, 2.75) is 12.7 Å². The van der Waals surface area contributed by atoms with Gasteiger partial charge in [-0.05, 0) is 48.4 Å². The van der Waals surface area contributed by atoms with E-state index in [1.165, 1.54) is 5.56 Å². The Balaban J connectivity index is 1.47. The fourth-order valence-electron chi connectivity index (χ4n) is 2.30. The van der Waals surface area contributed by atoms with E-state index in [9.17, 15) is 4.79 Å². The number of hydrogen-bond donors (Lipinski definition) is 1. The topological polar surface area (TPSA) is 46.9 Å². The molecular formula is C19H18ClN3OS. The second kappa shape index (κ2) is 8.23. The number of rotatable bonds is 6. The summed E-state index contributed by atoms with van der Waals surface area (Å²) in [6, 6.07) is 15.6. The van der Waals surface area contributed by atoms with Crippen LogP contribution >= 0.6 is 23.4 Å². The average Bonchev–Trinajstić information content (AvgIpc) is 3.13. The van der Waals surface area contributed by atoms with Crippen LogP contribution in [0, 0.1) is 6.92 Å². The van der Waals surface area contributed by atoms with E-state index in [0.717, 1.165) is 22.7 Å². The van der Waals surface area contributed by atoms with E-state index in [1.54, 1.807) is 24.0 Å². The molecule has 0 aliphatic heterocycles. The van der Waals surface area contributed by atoms with E-state index in [2.05, 4.69) is 22.5 Å². The summed E-state index contributed by atoms with van der Waals surface area (Å²) < 4.78 is 1.82. The van der Waals surface area contributed by atoms with Gasteiger partial charge in [-0.1, -0.05) is 29.8 Å². The number of halogens is 1. The molecule has 1 heterocycles. The van der Waals surface area contributed by atoms with Gasteiger partial charge in [0.25, 0.3) is 0 Å². The lowest BCUT2D eigenvalue weighted by atomic mass is 10.2. The summed E-state index contributed by atoms with van der Waals surface area (Å²) in [7, 11) is 0. The zero-order valence-corrected chi connectivity index (χ0v) is 15.3. The van der Waals surface area contributed by atoms with Crippen LogP contribution in [0.4, 0.5) is 5.69 Å². The zero-order valence-electron chi connectivity index (χ0n) is 13.8. The highest BCUT2D eigenvalue weighted by Crippen LogP contribution is 2.20. The molecule has 1 aromatic heterocycles. The van der Waals surface area contributed by atoms with Crippen LogP contribution in [0.2, 0.25) is 5.02 Å². The van der Waals surface area contributed by atoms with Crippen LogP contribution in [0.1, 0.15) is 11.1 Å². The first-order valence-electron chi connectivity index (χ1n) is 7.84. The standard InChI is InChI=1S/C19H18ClN3OS/c1-14-3-6-16(11-18(14)20)22-19(24)13-25-12-15-4-7-17(8-5-15)23-10-2-9-21-23/h2-11H,12-13H2,1H3,(H,22,24). The SMILES string of the molecule is Cc1ccc(NC(=O)CSCc2ccc(-n3cccn3)cc2)cc1Cl. The quantitative estimate of drug-likeness (QED) is 0.682. The third kappa shape index (κ3) is 4.87. The fourth-order valence-corrected chi connectivity index (χ4v) is 3.26. The Morgan fingerprint density at radius 1 is 1.24 bits per heavy atom. The lowest BCUT2D eigenvalue weighted by Gasteiger charge is -2.07. The van der Waals surface area contributed by atoms with Gasteiger partial charge in [-0.2, -0.15) is 5.10 Å². The maximum absolute atomic E-state index is 12.0. The Labute approximate surface area is 156 Å². The smallest absolute Gasteiger partial charge is 0.234 e. The van der Waals surface area contributed by atoms with E-state index in [0.29, 0.717) is 10.8 Å². The highest BCUT2D eigenvalue weighted by Gasteiger charge is 2.05. The van der Waals surface area contributed by atoms with E-state index in [-0.39, 0.29) is 5.91 Å². The largest absolute Gasteiger partial charge is 0.325 e. The summed E-state index contributed by atoms with van der Waals surface area (Å²) in [4.78, 5) is 12.0. The van der Waals surface area contributed by atoms with Crippen LogP contribution in [0.25, 0.3) is 5.69 Å². The molecule has 0 bridgehead atoms. The number of anilines is 1. The number of aromatic nitrogens is 2. The number of hydrogen-bond acceptors (Lipinski definition) is 3. The highest BCUT2D eigenvalue weighted by atomic mass is 35.5. The number of nitrogens with zero attached hydrogens (tertiary/aromatic N) is 2. The molecule has 0 saturated carbocycles. The van der Waals surface area contributed by atoms with Crippen molar-refractivity contribution in [3.63, 3.8) is 0 Å². The monoisotopic (exact) mass is 371 g/mol. The third-order valence-corrected chi connectivity index (χ3v) is 5.07. The Kier molecular flexibility index (Phi) is 5.79. The molecule has 4 nitrogen and oxygen atoms in total. The lowest BCUT2D eigenvalue weighted by molar-refractivity contribution is -0.113. The highest BCUT2D eigenvalue weighted by molar-refractivity contribution is 7.99. The van der Waals surface area contributed by atoms with Crippen LogP contribution in [-0.2, 0) is 10.5 Å². The minimum atomic E-state index is -0.0296. The van der Waals surface area contributed by atoms with E-state index >= 15 is 0 Å². The zero-order chi connectivity index (χ0) is 17.6. The van der Waals surface area contributed by atoms with Gasteiger partial charge in [-0.3, -0.25) is 4.79 Å². The number of benzene rings is 2. The fraction of sp³-hybridized carbons (Fsp3) is 0.158. The lowest BCUT2D eigenvalue weighted by Crippen LogP contribution is -2.14. The van der Waals surface area contributed by atoms with Crippen LogP contribution in [-0.4, -0.2) is 21.4 Å². The molecule has 0 aliphatic carbocycles.